The van der Waals surface area contributed by atoms with Crippen molar-refractivity contribution in [2.24, 2.45) is 0 Å². The van der Waals surface area contributed by atoms with Gasteiger partial charge in [-0.2, -0.15) is 0 Å². The van der Waals surface area contributed by atoms with Crippen LogP contribution in [0.2, 0.25) is 0 Å². The van der Waals surface area contributed by atoms with Gasteiger partial charge in [0.15, 0.2) is 0 Å². The largest absolute Gasteiger partial charge is 0.310 e. The normalized spacial score (nSPS) is 12.4. The van der Waals surface area contributed by atoms with Crippen LogP contribution in [0.4, 0.5) is 4.39 Å². The Bertz CT molecular complexity index is 577. The molecule has 0 aliphatic rings. The minimum Gasteiger partial charge on any atom is -0.310 e. The van der Waals surface area contributed by atoms with Crippen LogP contribution < -0.4 is 5.32 Å². The third-order valence-corrected chi connectivity index (χ3v) is 3.56. The molecule has 2 aromatic carbocycles. The highest BCUT2D eigenvalue weighted by molar-refractivity contribution is 5.29. The van der Waals surface area contributed by atoms with Crippen LogP contribution in [0.1, 0.15) is 35.2 Å². The fourth-order valence-corrected chi connectivity index (χ4v) is 2.51. The van der Waals surface area contributed by atoms with Gasteiger partial charge in [-0.3, -0.25) is 0 Å². The van der Waals surface area contributed by atoms with Crippen molar-refractivity contribution in [3.63, 3.8) is 0 Å². The monoisotopic (exact) mass is 271 g/mol. The van der Waals surface area contributed by atoms with E-state index in [1.54, 1.807) is 6.07 Å². The summed E-state index contributed by atoms with van der Waals surface area (Å²) in [4.78, 5) is 0. The van der Waals surface area contributed by atoms with Gasteiger partial charge in [0.05, 0.1) is 0 Å². The van der Waals surface area contributed by atoms with Crippen molar-refractivity contribution in [3.8, 4) is 0 Å². The number of hydrogen-bond acceptors (Lipinski definition) is 1. The number of rotatable bonds is 5. The molecule has 0 aliphatic heterocycles. The Labute approximate surface area is 120 Å². The van der Waals surface area contributed by atoms with Gasteiger partial charge in [-0.15, -0.1) is 0 Å². The molecule has 1 unspecified atom stereocenters. The van der Waals surface area contributed by atoms with Crippen LogP contribution in [0.15, 0.2) is 42.5 Å². The predicted molar refractivity (Wildman–Crippen MR) is 82.4 cm³/mol. The van der Waals surface area contributed by atoms with Gasteiger partial charge in [-0.1, -0.05) is 48.9 Å². The van der Waals surface area contributed by atoms with Gasteiger partial charge in [0.25, 0.3) is 0 Å². The quantitative estimate of drug-likeness (QED) is 0.853. The Morgan fingerprint density at radius 1 is 1.10 bits per heavy atom. The summed E-state index contributed by atoms with van der Waals surface area (Å²) in [6, 6.07) is 14.2. The summed E-state index contributed by atoms with van der Waals surface area (Å²) in [6.07, 6.45) is 0.917. The molecule has 0 radical (unpaired) electrons. The highest BCUT2D eigenvalue weighted by Crippen LogP contribution is 2.21. The lowest BCUT2D eigenvalue weighted by Crippen LogP contribution is -2.23. The summed E-state index contributed by atoms with van der Waals surface area (Å²) in [6.45, 7) is 6.91. The zero-order valence-electron chi connectivity index (χ0n) is 12.4. The van der Waals surface area contributed by atoms with Crippen molar-refractivity contribution in [2.45, 2.75) is 33.2 Å². The molecule has 0 spiro atoms. The minimum atomic E-state index is -0.139. The van der Waals surface area contributed by atoms with Crippen molar-refractivity contribution in [2.75, 3.05) is 6.54 Å². The molecular weight excluding hydrogens is 249 g/mol. The third-order valence-electron chi connectivity index (χ3n) is 3.56. The third kappa shape index (κ3) is 3.67. The SMILES string of the molecule is CCNC(Cc1cccc(C)c1)c1ccc(F)c(C)c1. The van der Waals surface area contributed by atoms with Crippen molar-refractivity contribution in [3.05, 3.63) is 70.5 Å². The lowest BCUT2D eigenvalue weighted by atomic mass is 9.96. The summed E-state index contributed by atoms with van der Waals surface area (Å²) < 4.78 is 13.4. The highest BCUT2D eigenvalue weighted by atomic mass is 19.1. The van der Waals surface area contributed by atoms with Crippen LogP contribution in [0.25, 0.3) is 0 Å². The zero-order valence-corrected chi connectivity index (χ0v) is 12.4. The number of halogens is 1. The number of benzene rings is 2. The van der Waals surface area contributed by atoms with E-state index in [0.717, 1.165) is 18.5 Å². The maximum atomic E-state index is 13.4. The maximum absolute atomic E-state index is 13.4. The smallest absolute Gasteiger partial charge is 0.126 e. The Morgan fingerprint density at radius 3 is 2.55 bits per heavy atom. The Balaban J connectivity index is 2.24. The molecule has 0 heterocycles. The molecule has 1 N–H and O–H groups in total. The lowest BCUT2D eigenvalue weighted by Gasteiger charge is -2.19. The first-order valence-corrected chi connectivity index (χ1v) is 7.15. The lowest BCUT2D eigenvalue weighted by molar-refractivity contribution is 0.546. The number of likely N-dealkylation sites (N-methyl/N-ethyl adjacent to an activating group) is 1. The van der Waals surface area contributed by atoms with Crippen molar-refractivity contribution in [1.82, 2.24) is 5.32 Å². The van der Waals surface area contributed by atoms with E-state index < -0.39 is 0 Å². The number of nitrogens with one attached hydrogen (secondary N) is 1. The molecular formula is C18H22FN. The maximum Gasteiger partial charge on any atom is 0.126 e. The fourth-order valence-electron chi connectivity index (χ4n) is 2.51. The number of hydrogen-bond donors (Lipinski definition) is 1. The predicted octanol–water partition coefficient (Wildman–Crippen LogP) is 4.34. The van der Waals surface area contributed by atoms with Crippen LogP contribution >= 0.6 is 0 Å². The van der Waals surface area contributed by atoms with Crippen molar-refractivity contribution in [1.29, 1.82) is 0 Å². The van der Waals surface area contributed by atoms with E-state index in [4.69, 9.17) is 0 Å². The standard InChI is InChI=1S/C18H22FN/c1-4-20-18(12-15-7-5-6-13(2)10-15)16-8-9-17(19)14(3)11-16/h5-11,18,20H,4,12H2,1-3H3. The van der Waals surface area contributed by atoms with Gasteiger partial charge < -0.3 is 5.32 Å². The van der Waals surface area contributed by atoms with E-state index in [1.807, 2.05) is 19.1 Å². The summed E-state index contributed by atoms with van der Waals surface area (Å²) in [5.41, 5.74) is 4.42. The molecule has 0 saturated heterocycles. The minimum absolute atomic E-state index is 0.139. The van der Waals surface area contributed by atoms with Crippen LogP contribution in [-0.2, 0) is 6.42 Å². The molecule has 0 amide bonds. The van der Waals surface area contributed by atoms with Crippen LogP contribution in [-0.4, -0.2) is 6.54 Å². The van der Waals surface area contributed by atoms with Gasteiger partial charge in [-0.25, -0.2) is 4.39 Å². The van der Waals surface area contributed by atoms with Gasteiger partial charge in [0.1, 0.15) is 5.82 Å². The molecule has 106 valence electrons. The molecule has 2 heteroatoms. The fraction of sp³-hybridized carbons (Fsp3) is 0.333. The average Bonchev–Trinajstić information content (AvgIpc) is 2.41. The van der Waals surface area contributed by atoms with Gasteiger partial charge in [-0.05, 0) is 49.6 Å². The Kier molecular flexibility index (Phi) is 4.91. The van der Waals surface area contributed by atoms with E-state index in [9.17, 15) is 4.39 Å². The van der Waals surface area contributed by atoms with Gasteiger partial charge in [0, 0.05) is 6.04 Å². The van der Waals surface area contributed by atoms with Crippen molar-refractivity contribution >= 4 is 0 Å². The molecule has 2 aromatic rings. The highest BCUT2D eigenvalue weighted by Gasteiger charge is 2.12. The summed E-state index contributed by atoms with van der Waals surface area (Å²) in [5, 5.41) is 3.49. The van der Waals surface area contributed by atoms with Crippen molar-refractivity contribution < 1.29 is 4.39 Å². The topological polar surface area (TPSA) is 12.0 Å². The molecule has 0 aromatic heterocycles. The van der Waals surface area contributed by atoms with E-state index in [1.165, 1.54) is 11.1 Å². The molecule has 1 atom stereocenters. The van der Waals surface area contributed by atoms with Crippen LogP contribution in [0.3, 0.4) is 0 Å². The molecule has 2 rings (SSSR count). The number of aryl methyl sites for hydroxylation is 2. The first-order chi connectivity index (χ1) is 9.60. The van der Waals surface area contributed by atoms with E-state index >= 15 is 0 Å². The second-order valence-electron chi connectivity index (χ2n) is 5.31. The summed E-state index contributed by atoms with van der Waals surface area (Å²) >= 11 is 0. The molecule has 0 saturated carbocycles. The van der Waals surface area contributed by atoms with E-state index in [0.29, 0.717) is 5.56 Å². The van der Waals surface area contributed by atoms with Gasteiger partial charge >= 0.3 is 0 Å². The van der Waals surface area contributed by atoms with Gasteiger partial charge in [0.2, 0.25) is 0 Å². The Hall–Kier alpha value is -1.67. The average molecular weight is 271 g/mol. The summed E-state index contributed by atoms with van der Waals surface area (Å²) in [7, 11) is 0. The van der Waals surface area contributed by atoms with Crippen LogP contribution in [0.5, 0.6) is 0 Å². The van der Waals surface area contributed by atoms with Crippen LogP contribution in [0, 0.1) is 19.7 Å². The molecule has 1 nitrogen and oxygen atoms in total. The summed E-state index contributed by atoms with van der Waals surface area (Å²) in [5.74, 6) is -0.139. The molecule has 0 aliphatic carbocycles. The molecule has 20 heavy (non-hydrogen) atoms. The molecule has 0 fully saturated rings. The first kappa shape index (κ1) is 14.7. The Morgan fingerprint density at radius 2 is 1.90 bits per heavy atom. The first-order valence-electron chi connectivity index (χ1n) is 7.15. The van der Waals surface area contributed by atoms with E-state index in [2.05, 4.69) is 43.4 Å². The second kappa shape index (κ2) is 6.67. The zero-order chi connectivity index (χ0) is 14.5. The molecule has 0 bridgehead atoms. The van der Waals surface area contributed by atoms with E-state index in [-0.39, 0.29) is 11.9 Å². The second-order valence-corrected chi connectivity index (χ2v) is 5.31.